The van der Waals surface area contributed by atoms with Crippen LogP contribution in [0.15, 0.2) is 67.3 Å². The molecule has 2 heterocycles. The van der Waals surface area contributed by atoms with Crippen LogP contribution in [0.1, 0.15) is 17.0 Å². The van der Waals surface area contributed by atoms with Gasteiger partial charge in [0.2, 0.25) is 0 Å². The zero-order valence-electron chi connectivity index (χ0n) is 18.8. The van der Waals surface area contributed by atoms with Crippen LogP contribution in [-0.4, -0.2) is 25.6 Å². The molecule has 192 valence electrons. The van der Waals surface area contributed by atoms with Gasteiger partial charge in [-0.05, 0) is 49.4 Å². The first-order valence-electron chi connectivity index (χ1n) is 10.5. The molecule has 0 radical (unpaired) electrons. The number of benzene rings is 2. The van der Waals surface area contributed by atoms with Gasteiger partial charge in [-0.25, -0.2) is 19.7 Å². The van der Waals surface area contributed by atoms with Crippen molar-refractivity contribution < 1.29 is 31.1 Å². The van der Waals surface area contributed by atoms with Crippen molar-refractivity contribution in [1.82, 2.24) is 19.5 Å². The largest absolute Gasteiger partial charge is 0.416 e. The van der Waals surface area contributed by atoms with Crippen LogP contribution >= 0.6 is 0 Å². The summed E-state index contributed by atoms with van der Waals surface area (Å²) in [4.78, 5) is 24.9. The van der Waals surface area contributed by atoms with Crippen molar-refractivity contribution in [3.8, 4) is 5.82 Å². The third-order valence-electron chi connectivity index (χ3n) is 4.85. The Morgan fingerprint density at radius 2 is 1.41 bits per heavy atom. The van der Waals surface area contributed by atoms with Crippen LogP contribution in [0.5, 0.6) is 0 Å². The Labute approximate surface area is 205 Å². The van der Waals surface area contributed by atoms with Gasteiger partial charge in [-0.1, -0.05) is 0 Å². The fourth-order valence-electron chi connectivity index (χ4n) is 3.25. The average molecular weight is 521 g/mol. The number of imidazole rings is 1. The smallest absolute Gasteiger partial charge is 0.340 e. The molecule has 8 nitrogen and oxygen atoms in total. The number of hydrogen-bond acceptors (Lipinski definition) is 5. The number of carbonyl (C=O) groups is 1. The van der Waals surface area contributed by atoms with Gasteiger partial charge in [0.05, 0.1) is 11.1 Å². The Bertz CT molecular complexity index is 1370. The number of halogens is 6. The second-order valence-corrected chi connectivity index (χ2v) is 7.70. The topological polar surface area (TPSA) is 96.8 Å². The van der Waals surface area contributed by atoms with Crippen molar-refractivity contribution in [3.63, 3.8) is 0 Å². The number of aryl methyl sites for hydroxylation is 1. The summed E-state index contributed by atoms with van der Waals surface area (Å²) in [5, 5.41) is 7.45. The molecule has 2 amide bonds. The number of urea groups is 1. The normalized spacial score (nSPS) is 11.8. The van der Waals surface area contributed by atoms with Gasteiger partial charge in [-0.15, -0.1) is 0 Å². The molecule has 0 bridgehead atoms. The molecule has 0 saturated carbocycles. The Hall–Kier alpha value is -4.62. The summed E-state index contributed by atoms with van der Waals surface area (Å²) >= 11 is 0. The molecule has 0 saturated heterocycles. The lowest BCUT2D eigenvalue weighted by Gasteiger charge is -2.15. The molecule has 2 aromatic carbocycles. The van der Waals surface area contributed by atoms with Crippen LogP contribution in [0.4, 0.5) is 54.0 Å². The van der Waals surface area contributed by atoms with E-state index < -0.39 is 35.2 Å². The monoisotopic (exact) mass is 521 g/mol. The first-order valence-corrected chi connectivity index (χ1v) is 10.5. The van der Waals surface area contributed by atoms with Gasteiger partial charge in [-0.2, -0.15) is 26.3 Å². The first kappa shape index (κ1) is 25.5. The molecule has 0 aliphatic heterocycles. The van der Waals surface area contributed by atoms with Crippen LogP contribution < -0.4 is 16.0 Å². The molecule has 3 N–H and O–H groups in total. The highest BCUT2D eigenvalue weighted by molar-refractivity contribution is 6.00. The molecule has 0 spiro atoms. The van der Waals surface area contributed by atoms with Crippen molar-refractivity contribution in [1.29, 1.82) is 0 Å². The van der Waals surface area contributed by atoms with Crippen LogP contribution in [0.2, 0.25) is 0 Å². The number of rotatable bonds is 5. The maximum atomic E-state index is 13.0. The van der Waals surface area contributed by atoms with Crippen molar-refractivity contribution in [2.24, 2.45) is 0 Å². The van der Waals surface area contributed by atoms with E-state index in [1.807, 2.05) is 5.32 Å². The summed E-state index contributed by atoms with van der Waals surface area (Å²) in [6, 6.07) is 7.65. The van der Waals surface area contributed by atoms with Crippen molar-refractivity contribution in [2.45, 2.75) is 19.3 Å². The fourth-order valence-corrected chi connectivity index (χ4v) is 3.25. The van der Waals surface area contributed by atoms with E-state index in [0.29, 0.717) is 35.3 Å². The van der Waals surface area contributed by atoms with Crippen LogP contribution in [0.3, 0.4) is 0 Å². The zero-order valence-corrected chi connectivity index (χ0v) is 18.8. The lowest BCUT2D eigenvalue weighted by molar-refractivity contribution is -0.143. The number of hydrogen-bond donors (Lipinski definition) is 3. The molecule has 2 aromatic heterocycles. The van der Waals surface area contributed by atoms with Gasteiger partial charge >= 0.3 is 18.4 Å². The minimum absolute atomic E-state index is 0.0215. The van der Waals surface area contributed by atoms with Gasteiger partial charge in [-0.3, -0.25) is 4.57 Å². The van der Waals surface area contributed by atoms with Gasteiger partial charge in [0.25, 0.3) is 0 Å². The molecule has 0 unspecified atom stereocenters. The Morgan fingerprint density at radius 1 is 0.811 bits per heavy atom. The van der Waals surface area contributed by atoms with E-state index in [9.17, 15) is 31.1 Å². The minimum atomic E-state index is -5.03. The summed E-state index contributed by atoms with van der Waals surface area (Å²) < 4.78 is 79.8. The molecular formula is C23H17F6N7O. The highest BCUT2D eigenvalue weighted by Gasteiger charge is 2.37. The number of nitrogens with one attached hydrogen (secondary N) is 3. The molecule has 14 heteroatoms. The number of anilines is 4. The average Bonchev–Trinajstić information content (AvgIpc) is 3.34. The Balaban J connectivity index is 1.44. The van der Waals surface area contributed by atoms with Gasteiger partial charge in [0.1, 0.15) is 23.8 Å². The third-order valence-corrected chi connectivity index (χ3v) is 4.85. The molecule has 0 atom stereocenters. The van der Waals surface area contributed by atoms with Gasteiger partial charge in [0.15, 0.2) is 0 Å². The molecule has 0 aliphatic rings. The van der Waals surface area contributed by atoms with Gasteiger partial charge in [0, 0.05) is 35.5 Å². The standard InChI is InChI=1S/C23H17F6N7O/c1-13-31-19(11-20(32-13)36-7-6-30-12-36)33-16-2-4-17(5-3-16)34-21(37)35-18-9-14(22(24,25)26)8-15(10-18)23(27,28)29/h2-12H,1H3,(H,31,32,33)(H2,34,35,37). The summed E-state index contributed by atoms with van der Waals surface area (Å²) in [5.74, 6) is 1.58. The van der Waals surface area contributed by atoms with E-state index in [1.165, 1.54) is 12.1 Å². The third kappa shape index (κ3) is 6.54. The van der Waals surface area contributed by atoms with Crippen LogP contribution in [0, 0.1) is 6.92 Å². The van der Waals surface area contributed by atoms with E-state index in [-0.39, 0.29) is 11.8 Å². The fraction of sp³-hybridized carbons (Fsp3) is 0.130. The lowest BCUT2D eigenvalue weighted by atomic mass is 10.1. The van der Waals surface area contributed by atoms with E-state index in [1.54, 1.807) is 48.4 Å². The Morgan fingerprint density at radius 3 is 1.97 bits per heavy atom. The van der Waals surface area contributed by atoms with E-state index in [0.717, 1.165) is 0 Å². The highest BCUT2D eigenvalue weighted by atomic mass is 19.4. The van der Waals surface area contributed by atoms with Crippen molar-refractivity contribution >= 4 is 28.9 Å². The quantitative estimate of drug-likeness (QED) is 0.264. The molecule has 4 rings (SSSR count). The number of alkyl halides is 6. The predicted octanol–water partition coefficient (Wildman–Crippen LogP) is 6.40. The molecule has 0 aliphatic carbocycles. The van der Waals surface area contributed by atoms with Crippen molar-refractivity contribution in [2.75, 3.05) is 16.0 Å². The summed E-state index contributed by atoms with van der Waals surface area (Å²) in [5.41, 5.74) is -2.91. The molecule has 4 aromatic rings. The summed E-state index contributed by atoms with van der Waals surface area (Å²) in [7, 11) is 0. The van der Waals surface area contributed by atoms with Crippen LogP contribution in [-0.2, 0) is 12.4 Å². The summed E-state index contributed by atoms with van der Waals surface area (Å²) in [6.07, 6.45) is -5.15. The molecule has 0 fully saturated rings. The second kappa shape index (κ2) is 9.79. The number of amides is 2. The van der Waals surface area contributed by atoms with E-state index >= 15 is 0 Å². The zero-order chi connectivity index (χ0) is 26.8. The van der Waals surface area contributed by atoms with Crippen molar-refractivity contribution in [3.05, 3.63) is 84.2 Å². The summed E-state index contributed by atoms with van der Waals surface area (Å²) in [6.45, 7) is 1.72. The number of aromatic nitrogens is 4. The van der Waals surface area contributed by atoms with Crippen LogP contribution in [0.25, 0.3) is 5.82 Å². The first-order chi connectivity index (χ1) is 17.4. The molecular weight excluding hydrogens is 504 g/mol. The molecule has 37 heavy (non-hydrogen) atoms. The van der Waals surface area contributed by atoms with E-state index in [4.69, 9.17) is 0 Å². The second-order valence-electron chi connectivity index (χ2n) is 7.70. The highest BCUT2D eigenvalue weighted by Crippen LogP contribution is 2.37. The van der Waals surface area contributed by atoms with E-state index in [2.05, 4.69) is 25.6 Å². The number of nitrogens with zero attached hydrogens (tertiary/aromatic N) is 4. The SMILES string of the molecule is Cc1nc(Nc2ccc(NC(=O)Nc3cc(C(F)(F)F)cc(C(F)(F)F)c3)cc2)cc(-n2ccnc2)n1. The minimum Gasteiger partial charge on any atom is -0.340 e. The Kier molecular flexibility index (Phi) is 6.74. The number of carbonyl (C=O) groups excluding carboxylic acids is 1. The maximum Gasteiger partial charge on any atom is 0.416 e. The maximum absolute atomic E-state index is 13.0. The lowest BCUT2D eigenvalue weighted by Crippen LogP contribution is -2.20. The van der Waals surface area contributed by atoms with Gasteiger partial charge < -0.3 is 16.0 Å². The predicted molar refractivity (Wildman–Crippen MR) is 123 cm³/mol.